The van der Waals surface area contributed by atoms with E-state index in [1.165, 1.54) is 28.6 Å². The molecule has 3 N–H and O–H groups in total. The number of carbonyl (C=O) groups is 1. The Balaban J connectivity index is 1.59. The predicted octanol–water partition coefficient (Wildman–Crippen LogP) is 3.15. The van der Waals surface area contributed by atoms with E-state index < -0.39 is 0 Å². The summed E-state index contributed by atoms with van der Waals surface area (Å²) in [5.41, 5.74) is 0.768. The molecule has 1 aliphatic rings. The van der Waals surface area contributed by atoms with Gasteiger partial charge in [0, 0.05) is 17.4 Å². The van der Waals surface area contributed by atoms with Crippen molar-refractivity contribution in [1.29, 1.82) is 0 Å². The summed E-state index contributed by atoms with van der Waals surface area (Å²) in [7, 11) is 0. The van der Waals surface area contributed by atoms with Crippen molar-refractivity contribution in [2.45, 2.75) is 62.4 Å². The van der Waals surface area contributed by atoms with Gasteiger partial charge in [-0.05, 0) is 30.5 Å². The lowest BCUT2D eigenvalue weighted by Gasteiger charge is -2.30. The lowest BCUT2D eigenvalue weighted by molar-refractivity contribution is -0.118. The lowest BCUT2D eigenvalue weighted by atomic mass is 9.79. The SMILES string of the molecule is CC(C)(C)c1nnc(SCC(=O)NCC2(c3ccc(F)cc3)CCCC2)n1N. The smallest absolute Gasteiger partial charge is 0.230 e. The molecule has 0 aliphatic heterocycles. The maximum atomic E-state index is 13.3. The van der Waals surface area contributed by atoms with Gasteiger partial charge in [-0.25, -0.2) is 9.07 Å². The molecule has 1 saturated carbocycles. The number of halogens is 1. The Morgan fingerprint density at radius 3 is 2.46 bits per heavy atom. The number of nitrogens with two attached hydrogens (primary N) is 1. The second-order valence-corrected chi connectivity index (χ2v) is 9.43. The Morgan fingerprint density at radius 1 is 1.25 bits per heavy atom. The first kappa shape index (κ1) is 20.6. The highest BCUT2D eigenvalue weighted by Crippen LogP contribution is 2.40. The molecule has 6 nitrogen and oxygen atoms in total. The molecule has 8 heteroatoms. The topological polar surface area (TPSA) is 85.8 Å². The molecule has 1 heterocycles. The summed E-state index contributed by atoms with van der Waals surface area (Å²) in [4.78, 5) is 12.4. The van der Waals surface area contributed by atoms with E-state index in [0.29, 0.717) is 17.5 Å². The van der Waals surface area contributed by atoms with Crippen LogP contribution in [0.15, 0.2) is 29.4 Å². The first-order chi connectivity index (χ1) is 13.2. The van der Waals surface area contributed by atoms with Crippen LogP contribution in [0.5, 0.6) is 0 Å². The summed E-state index contributed by atoms with van der Waals surface area (Å²) in [5, 5.41) is 11.8. The Kier molecular flexibility index (Phi) is 5.98. The van der Waals surface area contributed by atoms with Gasteiger partial charge in [-0.2, -0.15) is 0 Å². The second-order valence-electron chi connectivity index (χ2n) is 8.49. The quantitative estimate of drug-likeness (QED) is 0.570. The molecule has 0 radical (unpaired) electrons. The number of hydrogen-bond acceptors (Lipinski definition) is 5. The van der Waals surface area contributed by atoms with Gasteiger partial charge in [0.2, 0.25) is 11.1 Å². The van der Waals surface area contributed by atoms with Gasteiger partial charge < -0.3 is 11.2 Å². The monoisotopic (exact) mass is 405 g/mol. The highest BCUT2D eigenvalue weighted by molar-refractivity contribution is 7.99. The number of amides is 1. The number of thioether (sulfide) groups is 1. The average Bonchev–Trinajstić information content (AvgIpc) is 3.26. The van der Waals surface area contributed by atoms with Gasteiger partial charge in [0.15, 0.2) is 5.82 Å². The standard InChI is InChI=1S/C20H28FN5OS/c1-19(2,3)17-24-25-18(26(17)22)28-12-16(27)23-13-20(10-4-5-11-20)14-6-8-15(21)9-7-14/h6-9H,4-5,10-13,22H2,1-3H3,(H,23,27). The van der Waals surface area contributed by atoms with Crippen LogP contribution in [0.25, 0.3) is 0 Å². The highest BCUT2D eigenvalue weighted by atomic mass is 32.2. The number of nitrogens with one attached hydrogen (secondary N) is 1. The molecule has 0 spiro atoms. The molecule has 0 atom stereocenters. The fourth-order valence-corrected chi connectivity index (χ4v) is 4.44. The predicted molar refractivity (Wildman–Crippen MR) is 109 cm³/mol. The van der Waals surface area contributed by atoms with Crippen LogP contribution in [0.3, 0.4) is 0 Å². The van der Waals surface area contributed by atoms with E-state index in [2.05, 4.69) is 15.5 Å². The third kappa shape index (κ3) is 4.48. The van der Waals surface area contributed by atoms with Crippen molar-refractivity contribution in [3.63, 3.8) is 0 Å². The van der Waals surface area contributed by atoms with Crippen molar-refractivity contribution in [2.75, 3.05) is 18.1 Å². The summed E-state index contributed by atoms with van der Waals surface area (Å²) in [6.45, 7) is 6.59. The van der Waals surface area contributed by atoms with Crippen molar-refractivity contribution in [3.05, 3.63) is 41.5 Å². The number of nitrogen functional groups attached to an aromatic ring is 1. The Hall–Kier alpha value is -2.09. The molecule has 0 unspecified atom stereocenters. The van der Waals surface area contributed by atoms with Crippen LogP contribution < -0.4 is 11.2 Å². The van der Waals surface area contributed by atoms with Crippen LogP contribution in [-0.2, 0) is 15.6 Å². The molecule has 28 heavy (non-hydrogen) atoms. The minimum atomic E-state index is -0.238. The van der Waals surface area contributed by atoms with Crippen molar-refractivity contribution in [2.24, 2.45) is 0 Å². The fourth-order valence-electron chi connectivity index (χ4n) is 3.76. The maximum Gasteiger partial charge on any atom is 0.230 e. The third-order valence-electron chi connectivity index (χ3n) is 5.31. The zero-order valence-electron chi connectivity index (χ0n) is 16.7. The van der Waals surface area contributed by atoms with Crippen molar-refractivity contribution >= 4 is 17.7 Å². The summed E-state index contributed by atoms with van der Waals surface area (Å²) >= 11 is 1.27. The third-order valence-corrected chi connectivity index (χ3v) is 6.25. The molecular formula is C20H28FN5OS. The number of benzene rings is 1. The van der Waals surface area contributed by atoms with E-state index in [-0.39, 0.29) is 28.3 Å². The summed E-state index contributed by atoms with van der Waals surface area (Å²) in [6, 6.07) is 6.67. The van der Waals surface area contributed by atoms with Gasteiger partial charge in [-0.15, -0.1) is 10.2 Å². The molecule has 1 aromatic heterocycles. The largest absolute Gasteiger partial charge is 0.354 e. The van der Waals surface area contributed by atoms with E-state index in [0.717, 1.165) is 31.2 Å². The zero-order valence-corrected chi connectivity index (χ0v) is 17.5. The van der Waals surface area contributed by atoms with Crippen molar-refractivity contribution < 1.29 is 9.18 Å². The molecule has 1 aromatic carbocycles. The van der Waals surface area contributed by atoms with Gasteiger partial charge in [0.05, 0.1) is 5.75 Å². The van der Waals surface area contributed by atoms with Gasteiger partial charge in [-0.1, -0.05) is 57.5 Å². The van der Waals surface area contributed by atoms with Crippen molar-refractivity contribution in [1.82, 2.24) is 20.2 Å². The molecule has 0 bridgehead atoms. The van der Waals surface area contributed by atoms with E-state index in [1.807, 2.05) is 32.9 Å². The van der Waals surface area contributed by atoms with Gasteiger partial charge in [0.1, 0.15) is 5.82 Å². The van der Waals surface area contributed by atoms with E-state index in [9.17, 15) is 9.18 Å². The summed E-state index contributed by atoms with van der Waals surface area (Å²) in [6.07, 6.45) is 4.23. The molecule has 1 amide bonds. The van der Waals surface area contributed by atoms with Gasteiger partial charge >= 0.3 is 0 Å². The lowest BCUT2D eigenvalue weighted by Crippen LogP contribution is -2.39. The second kappa shape index (κ2) is 8.11. The Bertz CT molecular complexity index is 822. The normalized spacial score (nSPS) is 16.3. The Labute approximate surface area is 169 Å². The molecule has 3 rings (SSSR count). The molecule has 1 aliphatic carbocycles. The van der Waals surface area contributed by atoms with Crippen LogP contribution in [-0.4, -0.2) is 33.1 Å². The molecule has 2 aromatic rings. The number of hydrogen-bond donors (Lipinski definition) is 2. The minimum absolute atomic E-state index is 0.0707. The van der Waals surface area contributed by atoms with E-state index in [4.69, 9.17) is 5.84 Å². The summed E-state index contributed by atoms with van der Waals surface area (Å²) < 4.78 is 14.7. The van der Waals surface area contributed by atoms with E-state index >= 15 is 0 Å². The minimum Gasteiger partial charge on any atom is -0.354 e. The van der Waals surface area contributed by atoms with Gasteiger partial charge in [-0.3, -0.25) is 4.79 Å². The first-order valence-electron chi connectivity index (χ1n) is 9.58. The first-order valence-corrected chi connectivity index (χ1v) is 10.6. The number of rotatable bonds is 6. The highest BCUT2D eigenvalue weighted by Gasteiger charge is 2.36. The maximum absolute atomic E-state index is 13.3. The van der Waals surface area contributed by atoms with Crippen LogP contribution in [0.2, 0.25) is 0 Å². The summed E-state index contributed by atoms with van der Waals surface area (Å²) in [5.74, 6) is 6.66. The fraction of sp³-hybridized carbons (Fsp3) is 0.550. The molecule has 152 valence electrons. The number of aromatic nitrogens is 3. The Morgan fingerprint density at radius 2 is 1.89 bits per heavy atom. The van der Waals surface area contributed by atoms with Crippen molar-refractivity contribution in [3.8, 4) is 0 Å². The average molecular weight is 406 g/mol. The van der Waals surface area contributed by atoms with Crippen LogP contribution in [0.1, 0.15) is 57.8 Å². The number of carbonyl (C=O) groups excluding carboxylic acids is 1. The molecule has 0 saturated heterocycles. The van der Waals surface area contributed by atoms with Crippen LogP contribution >= 0.6 is 11.8 Å². The molecular weight excluding hydrogens is 377 g/mol. The van der Waals surface area contributed by atoms with Crippen LogP contribution in [0, 0.1) is 5.82 Å². The molecule has 1 fully saturated rings. The van der Waals surface area contributed by atoms with Gasteiger partial charge in [0.25, 0.3) is 0 Å². The van der Waals surface area contributed by atoms with Crippen LogP contribution in [0.4, 0.5) is 4.39 Å². The number of nitrogens with zero attached hydrogens (tertiary/aromatic N) is 3. The zero-order chi connectivity index (χ0) is 20.4. The van der Waals surface area contributed by atoms with E-state index in [1.54, 1.807) is 0 Å².